The smallest absolute Gasteiger partial charge is 0.278 e. The molecule has 1 fully saturated rings. The molecule has 136 valence electrons. The summed E-state index contributed by atoms with van der Waals surface area (Å²) in [7, 11) is 0. The molecule has 2 aromatic rings. The number of pyridine rings is 1. The topological polar surface area (TPSA) is 63.6 Å². The number of hydrogen-bond acceptors (Lipinski definition) is 4. The number of nitrogens with zero attached hydrogens (tertiary/aromatic N) is 2. The van der Waals surface area contributed by atoms with Crippen molar-refractivity contribution in [1.82, 2.24) is 9.58 Å². The number of hydrogen-bond donors (Lipinski definition) is 1. The molecule has 1 atom stereocenters. The maximum atomic E-state index is 13.7. The second-order valence-electron chi connectivity index (χ2n) is 6.46. The Bertz CT molecular complexity index is 898. The fourth-order valence-corrected chi connectivity index (χ4v) is 3.29. The molecule has 0 saturated carbocycles. The first-order chi connectivity index (χ1) is 12.4. The molecule has 1 N–H and O–H groups in total. The minimum atomic E-state index is -2.82. The highest BCUT2D eigenvalue weighted by atomic mass is 19.3. The molecule has 3 heterocycles. The van der Waals surface area contributed by atoms with E-state index in [0.717, 1.165) is 5.56 Å². The fraction of sp³-hybridized carbons (Fsp3) is 0.333. The Hall–Kier alpha value is -2.90. The van der Waals surface area contributed by atoms with E-state index in [2.05, 4.69) is 5.43 Å². The van der Waals surface area contributed by atoms with E-state index in [0.29, 0.717) is 0 Å². The van der Waals surface area contributed by atoms with Gasteiger partial charge in [-0.2, -0.15) is 0 Å². The van der Waals surface area contributed by atoms with Gasteiger partial charge in [0.1, 0.15) is 12.8 Å². The van der Waals surface area contributed by atoms with Gasteiger partial charge >= 0.3 is 0 Å². The lowest BCUT2D eigenvalue weighted by molar-refractivity contribution is -0.0692. The Kier molecular flexibility index (Phi) is 3.90. The van der Waals surface area contributed by atoms with E-state index < -0.39 is 36.3 Å². The summed E-state index contributed by atoms with van der Waals surface area (Å²) < 4.78 is 34.3. The average Bonchev–Trinajstić information content (AvgIpc) is 2.61. The van der Waals surface area contributed by atoms with Gasteiger partial charge in [0.2, 0.25) is 5.43 Å². The van der Waals surface area contributed by atoms with Gasteiger partial charge in [0, 0.05) is 25.2 Å². The van der Waals surface area contributed by atoms with Gasteiger partial charge in [0.15, 0.2) is 11.4 Å². The highest BCUT2D eigenvalue weighted by Crippen LogP contribution is 2.34. The molecule has 0 spiro atoms. The number of amides is 1. The predicted octanol–water partition coefficient (Wildman–Crippen LogP) is 2.18. The number of carbonyl (C=O) groups excluding carboxylic acids is 1. The van der Waals surface area contributed by atoms with E-state index in [1.165, 1.54) is 21.8 Å². The molecule has 26 heavy (non-hydrogen) atoms. The summed E-state index contributed by atoms with van der Waals surface area (Å²) in [5, 5.41) is 0. The standard InChI is InChI=1S/C18H17F2N3O3/c19-18(20)7-9-22-14(10-18)21-23-8-6-13(24)16(15(23)17(22)25)26-11-12-4-2-1-3-5-12/h1-6,8,14,21H,7,9-11H2/t14-/m0/s1. The molecule has 6 nitrogen and oxygen atoms in total. The first kappa shape index (κ1) is 16.6. The SMILES string of the molecule is O=C1c2c(OCc3ccccc3)c(=O)ccn2N[C@@H]2CC(F)(F)CCN12. The van der Waals surface area contributed by atoms with Crippen LogP contribution in [0.3, 0.4) is 0 Å². The summed E-state index contributed by atoms with van der Waals surface area (Å²) in [6.07, 6.45) is -0.309. The third-order valence-electron chi connectivity index (χ3n) is 4.62. The summed E-state index contributed by atoms with van der Waals surface area (Å²) in [5.41, 5.74) is 3.33. The van der Waals surface area contributed by atoms with Gasteiger partial charge < -0.3 is 15.1 Å². The van der Waals surface area contributed by atoms with Crippen LogP contribution >= 0.6 is 0 Å². The van der Waals surface area contributed by atoms with Crippen LogP contribution in [0.5, 0.6) is 5.75 Å². The van der Waals surface area contributed by atoms with Crippen LogP contribution in [0, 0.1) is 0 Å². The lowest BCUT2D eigenvalue weighted by Gasteiger charge is -2.44. The summed E-state index contributed by atoms with van der Waals surface area (Å²) in [6.45, 7) is 0.0482. The minimum absolute atomic E-state index is 0.0369. The monoisotopic (exact) mass is 361 g/mol. The molecule has 1 aromatic heterocycles. The van der Waals surface area contributed by atoms with Gasteiger partial charge in [0.05, 0.1) is 6.42 Å². The molecule has 1 saturated heterocycles. The van der Waals surface area contributed by atoms with E-state index in [9.17, 15) is 18.4 Å². The molecule has 1 aromatic carbocycles. The number of aromatic nitrogens is 1. The van der Waals surface area contributed by atoms with E-state index in [1.807, 2.05) is 30.3 Å². The van der Waals surface area contributed by atoms with Crippen LogP contribution in [0.4, 0.5) is 8.78 Å². The zero-order valence-corrected chi connectivity index (χ0v) is 13.8. The van der Waals surface area contributed by atoms with Crippen molar-refractivity contribution in [3.05, 3.63) is 64.1 Å². The van der Waals surface area contributed by atoms with Crippen molar-refractivity contribution in [2.24, 2.45) is 0 Å². The van der Waals surface area contributed by atoms with E-state index >= 15 is 0 Å². The molecule has 1 amide bonds. The Labute approximate surface area is 148 Å². The third-order valence-corrected chi connectivity index (χ3v) is 4.62. The molecule has 0 unspecified atom stereocenters. The van der Waals surface area contributed by atoms with Crippen molar-refractivity contribution in [2.75, 3.05) is 12.0 Å². The first-order valence-electron chi connectivity index (χ1n) is 8.32. The first-order valence-corrected chi connectivity index (χ1v) is 8.32. The molecular weight excluding hydrogens is 344 g/mol. The number of halogens is 2. The molecule has 0 radical (unpaired) electrons. The van der Waals surface area contributed by atoms with Crippen LogP contribution in [0.25, 0.3) is 0 Å². The highest BCUT2D eigenvalue weighted by Gasteiger charge is 2.45. The highest BCUT2D eigenvalue weighted by molar-refractivity contribution is 5.96. The number of carbonyl (C=O) groups is 1. The summed E-state index contributed by atoms with van der Waals surface area (Å²) in [5.74, 6) is -3.38. The number of nitrogens with one attached hydrogen (secondary N) is 1. The van der Waals surface area contributed by atoms with Gasteiger partial charge in [-0.15, -0.1) is 0 Å². The van der Waals surface area contributed by atoms with Gasteiger partial charge in [-0.25, -0.2) is 8.78 Å². The van der Waals surface area contributed by atoms with Crippen LogP contribution in [0.15, 0.2) is 47.4 Å². The van der Waals surface area contributed by atoms with Gasteiger partial charge in [-0.05, 0) is 5.56 Å². The van der Waals surface area contributed by atoms with E-state index in [4.69, 9.17) is 4.74 Å². The third kappa shape index (κ3) is 2.91. The molecule has 4 rings (SSSR count). The number of alkyl halides is 2. The second kappa shape index (κ2) is 6.12. The maximum absolute atomic E-state index is 13.7. The second-order valence-corrected chi connectivity index (χ2v) is 6.46. The van der Waals surface area contributed by atoms with Crippen LogP contribution in [-0.2, 0) is 6.61 Å². The van der Waals surface area contributed by atoms with Crippen LogP contribution < -0.4 is 15.6 Å². The molecule has 2 aliphatic rings. The summed E-state index contributed by atoms with van der Waals surface area (Å²) >= 11 is 0. The zero-order valence-electron chi connectivity index (χ0n) is 13.8. The molecular formula is C18H17F2N3O3. The van der Waals surface area contributed by atoms with Crippen molar-refractivity contribution in [3.8, 4) is 5.75 Å². The normalized spacial score (nSPS) is 20.8. The van der Waals surface area contributed by atoms with Gasteiger partial charge in [0.25, 0.3) is 11.8 Å². The van der Waals surface area contributed by atoms with Crippen LogP contribution in [0.2, 0.25) is 0 Å². The molecule has 8 heteroatoms. The summed E-state index contributed by atoms with van der Waals surface area (Å²) in [6, 6.07) is 10.5. The quantitative estimate of drug-likeness (QED) is 0.910. The summed E-state index contributed by atoms with van der Waals surface area (Å²) in [4.78, 5) is 26.4. The predicted molar refractivity (Wildman–Crippen MR) is 89.8 cm³/mol. The van der Waals surface area contributed by atoms with E-state index in [-0.39, 0.29) is 24.6 Å². The van der Waals surface area contributed by atoms with Crippen molar-refractivity contribution < 1.29 is 18.3 Å². The maximum Gasteiger partial charge on any atom is 0.278 e. The van der Waals surface area contributed by atoms with E-state index in [1.54, 1.807) is 0 Å². The van der Waals surface area contributed by atoms with Crippen LogP contribution in [0.1, 0.15) is 28.9 Å². The zero-order chi connectivity index (χ0) is 18.3. The minimum Gasteiger partial charge on any atom is -0.482 e. The number of piperidine rings is 1. The Morgan fingerprint density at radius 3 is 2.73 bits per heavy atom. The number of rotatable bonds is 3. The van der Waals surface area contributed by atoms with Gasteiger partial charge in [-0.3, -0.25) is 14.3 Å². The Morgan fingerprint density at radius 1 is 1.19 bits per heavy atom. The lowest BCUT2D eigenvalue weighted by Crippen LogP contribution is -2.59. The Morgan fingerprint density at radius 2 is 1.96 bits per heavy atom. The molecule has 2 aliphatic heterocycles. The van der Waals surface area contributed by atoms with Crippen molar-refractivity contribution in [2.45, 2.75) is 31.5 Å². The van der Waals surface area contributed by atoms with Crippen molar-refractivity contribution >= 4 is 5.91 Å². The largest absolute Gasteiger partial charge is 0.482 e. The molecule has 0 aliphatic carbocycles. The number of ether oxygens (including phenoxy) is 1. The number of benzene rings is 1. The number of fused-ring (bicyclic) bond motifs is 2. The van der Waals surface area contributed by atoms with Crippen LogP contribution in [-0.4, -0.2) is 34.1 Å². The van der Waals surface area contributed by atoms with Crippen molar-refractivity contribution in [3.63, 3.8) is 0 Å². The fourth-order valence-electron chi connectivity index (χ4n) is 3.29. The van der Waals surface area contributed by atoms with Crippen molar-refractivity contribution in [1.29, 1.82) is 0 Å². The lowest BCUT2D eigenvalue weighted by atomic mass is 10.0. The Balaban J connectivity index is 1.66. The molecule has 0 bridgehead atoms. The average molecular weight is 361 g/mol. The van der Waals surface area contributed by atoms with Gasteiger partial charge in [-0.1, -0.05) is 30.3 Å².